The van der Waals surface area contributed by atoms with Gasteiger partial charge in [0, 0.05) is 30.8 Å². The van der Waals surface area contributed by atoms with Crippen LogP contribution in [-0.2, 0) is 16.1 Å². The fourth-order valence-corrected chi connectivity index (χ4v) is 2.79. The van der Waals surface area contributed by atoms with Crippen LogP contribution in [0.15, 0.2) is 6.33 Å². The standard InChI is InChI=1S/C10H17N5O2S/c16-10(7-15-8-12-13-14-15)11-3-6-18-9-1-4-17-5-2-9/h8-9H,1-7H2,(H,11,16). The lowest BCUT2D eigenvalue weighted by atomic mass is 10.2. The number of aromatic nitrogens is 4. The molecule has 1 amide bonds. The Labute approximate surface area is 110 Å². The van der Waals surface area contributed by atoms with Gasteiger partial charge in [-0.2, -0.15) is 11.8 Å². The highest BCUT2D eigenvalue weighted by atomic mass is 32.2. The molecule has 0 unspecified atom stereocenters. The van der Waals surface area contributed by atoms with Crippen LogP contribution in [-0.4, -0.2) is 56.9 Å². The zero-order valence-electron chi connectivity index (χ0n) is 10.1. The maximum absolute atomic E-state index is 11.5. The van der Waals surface area contributed by atoms with Gasteiger partial charge in [0.25, 0.3) is 0 Å². The molecule has 7 nitrogen and oxygen atoms in total. The summed E-state index contributed by atoms with van der Waals surface area (Å²) in [7, 11) is 0. The molecule has 0 aliphatic carbocycles. The summed E-state index contributed by atoms with van der Waals surface area (Å²) in [5.74, 6) is 0.876. The summed E-state index contributed by atoms with van der Waals surface area (Å²) in [4.78, 5) is 11.5. The minimum absolute atomic E-state index is 0.0603. The average Bonchev–Trinajstić information content (AvgIpc) is 2.89. The van der Waals surface area contributed by atoms with Gasteiger partial charge in [0.05, 0.1) is 0 Å². The van der Waals surface area contributed by atoms with Crippen LogP contribution >= 0.6 is 11.8 Å². The van der Waals surface area contributed by atoms with Crippen molar-refractivity contribution in [3.63, 3.8) is 0 Å². The zero-order valence-corrected chi connectivity index (χ0v) is 10.9. The highest BCUT2D eigenvalue weighted by Gasteiger charge is 2.13. The van der Waals surface area contributed by atoms with Gasteiger partial charge in [0.2, 0.25) is 5.91 Å². The van der Waals surface area contributed by atoms with E-state index < -0.39 is 0 Å². The van der Waals surface area contributed by atoms with Crippen molar-refractivity contribution in [3.05, 3.63) is 6.33 Å². The van der Waals surface area contributed by atoms with Crippen LogP contribution in [0.5, 0.6) is 0 Å². The van der Waals surface area contributed by atoms with Crippen LogP contribution in [0.1, 0.15) is 12.8 Å². The highest BCUT2D eigenvalue weighted by Crippen LogP contribution is 2.21. The third kappa shape index (κ3) is 4.61. The molecule has 0 bridgehead atoms. The van der Waals surface area contributed by atoms with E-state index in [1.165, 1.54) is 11.0 Å². The first kappa shape index (κ1) is 13.3. The Balaban J connectivity index is 1.53. The van der Waals surface area contributed by atoms with Crippen LogP contribution < -0.4 is 5.32 Å². The van der Waals surface area contributed by atoms with Gasteiger partial charge in [-0.15, -0.1) is 5.10 Å². The Morgan fingerprint density at radius 2 is 2.33 bits per heavy atom. The first-order valence-electron chi connectivity index (χ1n) is 6.01. The van der Waals surface area contributed by atoms with E-state index in [4.69, 9.17) is 4.74 Å². The molecule has 0 aromatic carbocycles. The summed E-state index contributed by atoms with van der Waals surface area (Å²) >= 11 is 1.91. The first-order chi connectivity index (χ1) is 8.84. The van der Waals surface area contributed by atoms with Crippen LogP contribution in [0.3, 0.4) is 0 Å². The fraction of sp³-hybridized carbons (Fsp3) is 0.800. The maximum atomic E-state index is 11.5. The summed E-state index contributed by atoms with van der Waals surface area (Å²) in [5, 5.41) is 14.1. The van der Waals surface area contributed by atoms with Crippen molar-refractivity contribution in [2.24, 2.45) is 0 Å². The van der Waals surface area contributed by atoms with E-state index in [0.29, 0.717) is 11.8 Å². The molecule has 1 saturated heterocycles. The van der Waals surface area contributed by atoms with E-state index in [1.54, 1.807) is 0 Å². The number of amides is 1. The second kappa shape index (κ2) is 7.32. The molecule has 8 heteroatoms. The van der Waals surface area contributed by atoms with Crippen LogP contribution in [0.4, 0.5) is 0 Å². The number of hydrogen-bond acceptors (Lipinski definition) is 6. The number of carbonyl (C=O) groups is 1. The van der Waals surface area contributed by atoms with Crippen molar-refractivity contribution in [2.45, 2.75) is 24.6 Å². The molecule has 0 radical (unpaired) electrons. The third-order valence-corrected chi connectivity index (χ3v) is 4.03. The number of ether oxygens (including phenoxy) is 1. The molecule has 2 rings (SSSR count). The number of thioether (sulfide) groups is 1. The summed E-state index contributed by atoms with van der Waals surface area (Å²) in [5.41, 5.74) is 0. The lowest BCUT2D eigenvalue weighted by Crippen LogP contribution is -2.30. The predicted octanol–water partition coefficient (Wildman–Crippen LogP) is -0.298. The topological polar surface area (TPSA) is 81.9 Å². The van der Waals surface area contributed by atoms with E-state index in [2.05, 4.69) is 20.8 Å². The molecule has 0 saturated carbocycles. The van der Waals surface area contributed by atoms with Crippen LogP contribution in [0.25, 0.3) is 0 Å². The maximum Gasteiger partial charge on any atom is 0.241 e. The molecule has 1 fully saturated rings. The first-order valence-corrected chi connectivity index (χ1v) is 7.06. The SMILES string of the molecule is O=C(Cn1cnnn1)NCCSC1CCOCC1. The van der Waals surface area contributed by atoms with Crippen LogP contribution in [0.2, 0.25) is 0 Å². The minimum Gasteiger partial charge on any atom is -0.381 e. The van der Waals surface area contributed by atoms with Gasteiger partial charge in [-0.05, 0) is 23.3 Å². The molecule has 100 valence electrons. The Bertz CT molecular complexity index is 353. The van der Waals surface area contributed by atoms with Gasteiger partial charge in [-0.3, -0.25) is 4.79 Å². The van der Waals surface area contributed by atoms with Crippen molar-refractivity contribution < 1.29 is 9.53 Å². The lowest BCUT2D eigenvalue weighted by molar-refractivity contribution is -0.121. The fourth-order valence-electron chi connectivity index (χ4n) is 1.71. The lowest BCUT2D eigenvalue weighted by Gasteiger charge is -2.21. The van der Waals surface area contributed by atoms with E-state index in [1.807, 2.05) is 11.8 Å². The minimum atomic E-state index is -0.0603. The Hall–Kier alpha value is -1.15. The molecule has 0 atom stereocenters. The summed E-state index contributed by atoms with van der Waals surface area (Å²) in [6.07, 6.45) is 3.66. The summed E-state index contributed by atoms with van der Waals surface area (Å²) < 4.78 is 6.70. The summed E-state index contributed by atoms with van der Waals surface area (Å²) in [6, 6.07) is 0. The molecule has 1 aromatic heterocycles. The van der Waals surface area contributed by atoms with Gasteiger partial charge < -0.3 is 10.1 Å². The molecule has 1 aromatic rings. The number of tetrazole rings is 1. The van der Waals surface area contributed by atoms with Crippen LogP contribution in [0, 0.1) is 0 Å². The highest BCUT2D eigenvalue weighted by molar-refractivity contribution is 7.99. The molecule has 2 heterocycles. The normalized spacial score (nSPS) is 16.7. The molecule has 0 spiro atoms. The van der Waals surface area contributed by atoms with Crippen molar-refractivity contribution in [2.75, 3.05) is 25.5 Å². The summed E-state index contributed by atoms with van der Waals surface area (Å²) in [6.45, 7) is 2.59. The van der Waals surface area contributed by atoms with E-state index in [-0.39, 0.29) is 12.5 Å². The molecule has 1 aliphatic rings. The number of nitrogens with zero attached hydrogens (tertiary/aromatic N) is 4. The predicted molar refractivity (Wildman–Crippen MR) is 67.1 cm³/mol. The molecule has 18 heavy (non-hydrogen) atoms. The van der Waals surface area contributed by atoms with Gasteiger partial charge >= 0.3 is 0 Å². The molecule has 1 N–H and O–H groups in total. The number of carbonyl (C=O) groups excluding carboxylic acids is 1. The van der Waals surface area contributed by atoms with Gasteiger partial charge in [-0.1, -0.05) is 0 Å². The van der Waals surface area contributed by atoms with Crippen molar-refractivity contribution >= 4 is 17.7 Å². The van der Waals surface area contributed by atoms with E-state index in [0.717, 1.165) is 31.8 Å². The molecule has 1 aliphatic heterocycles. The van der Waals surface area contributed by atoms with Crippen molar-refractivity contribution in [3.8, 4) is 0 Å². The third-order valence-electron chi connectivity index (χ3n) is 2.64. The quantitative estimate of drug-likeness (QED) is 0.715. The Kier molecular flexibility index (Phi) is 5.40. The largest absolute Gasteiger partial charge is 0.381 e. The number of hydrogen-bond donors (Lipinski definition) is 1. The second-order valence-corrected chi connectivity index (χ2v) is 5.45. The van der Waals surface area contributed by atoms with Gasteiger partial charge in [0.1, 0.15) is 12.9 Å². The van der Waals surface area contributed by atoms with Gasteiger partial charge in [0.15, 0.2) is 0 Å². The Morgan fingerprint density at radius 1 is 1.50 bits per heavy atom. The number of nitrogens with one attached hydrogen (secondary N) is 1. The van der Waals surface area contributed by atoms with E-state index >= 15 is 0 Å². The Morgan fingerprint density at radius 3 is 3.06 bits per heavy atom. The molecular weight excluding hydrogens is 254 g/mol. The monoisotopic (exact) mass is 271 g/mol. The van der Waals surface area contributed by atoms with Gasteiger partial charge in [-0.25, -0.2) is 4.68 Å². The zero-order chi connectivity index (χ0) is 12.6. The van der Waals surface area contributed by atoms with Crippen molar-refractivity contribution in [1.29, 1.82) is 0 Å². The van der Waals surface area contributed by atoms with Crippen molar-refractivity contribution in [1.82, 2.24) is 25.5 Å². The smallest absolute Gasteiger partial charge is 0.241 e. The van der Waals surface area contributed by atoms with E-state index in [9.17, 15) is 4.79 Å². The number of rotatable bonds is 6. The average molecular weight is 271 g/mol. The molecular formula is C10H17N5O2S. The second-order valence-electron chi connectivity index (χ2n) is 4.04.